The predicted molar refractivity (Wildman–Crippen MR) is 59.0 cm³/mol. The molecule has 0 heterocycles. The van der Waals surface area contributed by atoms with Crippen LogP contribution in [0.2, 0.25) is 0 Å². The van der Waals surface area contributed by atoms with Crippen LogP contribution in [-0.4, -0.2) is 35.6 Å². The van der Waals surface area contributed by atoms with Gasteiger partial charge in [-0.1, -0.05) is 0 Å². The van der Waals surface area contributed by atoms with Gasteiger partial charge in [0, 0.05) is 18.3 Å². The Morgan fingerprint density at radius 1 is 1.50 bits per heavy atom. The van der Waals surface area contributed by atoms with Gasteiger partial charge in [-0.15, -0.1) is 0 Å². The van der Waals surface area contributed by atoms with Gasteiger partial charge in [0.1, 0.15) is 12.3 Å². The van der Waals surface area contributed by atoms with E-state index < -0.39 is 5.97 Å². The lowest BCUT2D eigenvalue weighted by Crippen LogP contribution is -2.29. The zero-order chi connectivity index (χ0) is 12.1. The second-order valence-electron chi connectivity index (χ2n) is 3.27. The number of phenols is 1. The van der Waals surface area contributed by atoms with Gasteiger partial charge in [0.15, 0.2) is 6.29 Å². The molecule has 0 spiro atoms. The molecule has 5 heteroatoms. The number of aldehydes is 1. The van der Waals surface area contributed by atoms with Crippen molar-refractivity contribution in [3.05, 3.63) is 23.8 Å². The van der Waals surface area contributed by atoms with Crippen molar-refractivity contribution < 1.29 is 19.8 Å². The fraction of sp³-hybridized carbons (Fsp3) is 0.273. The normalized spacial score (nSPS) is 9.81. The molecular weight excluding hydrogens is 210 g/mol. The van der Waals surface area contributed by atoms with Crippen molar-refractivity contribution in [2.45, 2.75) is 6.92 Å². The average molecular weight is 223 g/mol. The number of hydrogen-bond donors (Lipinski definition) is 2. The van der Waals surface area contributed by atoms with Crippen molar-refractivity contribution in [1.29, 1.82) is 0 Å². The van der Waals surface area contributed by atoms with Crippen molar-refractivity contribution in [2.24, 2.45) is 0 Å². The molecule has 0 saturated carbocycles. The predicted octanol–water partition coefficient (Wildman–Crippen LogP) is 1.12. The summed E-state index contributed by atoms with van der Waals surface area (Å²) in [7, 11) is 0. The van der Waals surface area contributed by atoms with E-state index >= 15 is 0 Å². The van der Waals surface area contributed by atoms with E-state index in [1.165, 1.54) is 12.1 Å². The third-order valence-corrected chi connectivity index (χ3v) is 2.21. The Bertz CT molecular complexity index is 403. The zero-order valence-corrected chi connectivity index (χ0v) is 8.88. The maximum atomic E-state index is 10.6. The molecule has 2 N–H and O–H groups in total. The summed E-state index contributed by atoms with van der Waals surface area (Å²) in [5, 5.41) is 18.2. The highest BCUT2D eigenvalue weighted by Crippen LogP contribution is 2.23. The molecular formula is C11H13NO4. The van der Waals surface area contributed by atoms with Crippen molar-refractivity contribution in [3.8, 4) is 5.75 Å². The molecule has 1 rings (SSSR count). The van der Waals surface area contributed by atoms with Crippen LogP contribution in [0.5, 0.6) is 5.75 Å². The summed E-state index contributed by atoms with van der Waals surface area (Å²) >= 11 is 0. The van der Waals surface area contributed by atoms with Crippen LogP contribution in [0.25, 0.3) is 0 Å². The number of benzene rings is 1. The third-order valence-electron chi connectivity index (χ3n) is 2.21. The summed E-state index contributed by atoms with van der Waals surface area (Å²) in [5.41, 5.74) is 0.767. The first-order chi connectivity index (χ1) is 7.58. The summed E-state index contributed by atoms with van der Waals surface area (Å²) in [5.74, 6) is -1.09. The highest BCUT2D eigenvalue weighted by atomic mass is 16.4. The molecule has 0 saturated heterocycles. The number of carbonyl (C=O) groups is 2. The number of aliphatic carboxylic acids is 1. The van der Waals surface area contributed by atoms with Crippen LogP contribution in [0.15, 0.2) is 18.2 Å². The van der Waals surface area contributed by atoms with Crippen molar-refractivity contribution in [2.75, 3.05) is 18.0 Å². The molecule has 0 unspecified atom stereocenters. The number of rotatable bonds is 5. The average Bonchev–Trinajstić information content (AvgIpc) is 2.25. The number of carbonyl (C=O) groups excluding carboxylic acids is 1. The lowest BCUT2D eigenvalue weighted by Gasteiger charge is -2.21. The number of aromatic hydroxyl groups is 1. The van der Waals surface area contributed by atoms with E-state index in [-0.39, 0.29) is 17.9 Å². The lowest BCUT2D eigenvalue weighted by atomic mass is 10.2. The number of nitrogens with zero attached hydrogens (tertiary/aromatic N) is 1. The Kier molecular flexibility index (Phi) is 3.88. The van der Waals surface area contributed by atoms with Crippen molar-refractivity contribution in [1.82, 2.24) is 0 Å². The minimum absolute atomic E-state index is 0.142. The fourth-order valence-electron chi connectivity index (χ4n) is 1.38. The Morgan fingerprint density at radius 2 is 2.19 bits per heavy atom. The second-order valence-corrected chi connectivity index (χ2v) is 3.27. The van der Waals surface area contributed by atoms with Gasteiger partial charge in [0.25, 0.3) is 0 Å². The molecule has 0 aliphatic carbocycles. The number of likely N-dealkylation sites (N-methyl/N-ethyl adjacent to an activating group) is 1. The van der Waals surface area contributed by atoms with Gasteiger partial charge in [-0.2, -0.15) is 0 Å². The SMILES string of the molecule is CCN(CC(=O)O)c1ccc(C=O)c(O)c1. The largest absolute Gasteiger partial charge is 0.507 e. The highest BCUT2D eigenvalue weighted by molar-refractivity contribution is 5.81. The third kappa shape index (κ3) is 2.73. The molecule has 0 fully saturated rings. The fourth-order valence-corrected chi connectivity index (χ4v) is 1.38. The van der Waals surface area contributed by atoms with Crippen LogP contribution < -0.4 is 4.90 Å². The second kappa shape index (κ2) is 5.16. The van der Waals surface area contributed by atoms with Crippen LogP contribution in [0.1, 0.15) is 17.3 Å². The monoisotopic (exact) mass is 223 g/mol. The Balaban J connectivity index is 2.97. The molecule has 1 aromatic carbocycles. The summed E-state index contributed by atoms with van der Waals surface area (Å²) in [6.45, 7) is 2.18. The standard InChI is InChI=1S/C11H13NO4/c1-2-12(6-11(15)16)9-4-3-8(7-13)10(14)5-9/h3-5,7,14H,2,6H2,1H3,(H,15,16). The first-order valence-corrected chi connectivity index (χ1v) is 4.83. The van der Waals surface area contributed by atoms with Crippen LogP contribution >= 0.6 is 0 Å². The number of carboxylic acids is 1. The van der Waals surface area contributed by atoms with E-state index in [2.05, 4.69) is 0 Å². The summed E-state index contributed by atoms with van der Waals surface area (Å²) in [6.07, 6.45) is 0.548. The van der Waals surface area contributed by atoms with E-state index in [4.69, 9.17) is 5.11 Å². The lowest BCUT2D eigenvalue weighted by molar-refractivity contribution is -0.135. The zero-order valence-electron chi connectivity index (χ0n) is 8.88. The van der Waals surface area contributed by atoms with Crippen LogP contribution in [0.3, 0.4) is 0 Å². The van der Waals surface area contributed by atoms with Gasteiger partial charge in [-0.3, -0.25) is 9.59 Å². The summed E-state index contributed by atoms with van der Waals surface area (Å²) < 4.78 is 0. The number of phenolic OH excluding ortho intramolecular Hbond substituents is 1. The molecule has 0 atom stereocenters. The van der Waals surface area contributed by atoms with Crippen LogP contribution in [0, 0.1) is 0 Å². The smallest absolute Gasteiger partial charge is 0.323 e. The quantitative estimate of drug-likeness (QED) is 0.731. The van der Waals surface area contributed by atoms with E-state index in [0.29, 0.717) is 18.5 Å². The molecule has 86 valence electrons. The molecule has 0 bridgehead atoms. The Labute approximate surface area is 92.9 Å². The summed E-state index contributed by atoms with van der Waals surface area (Å²) in [6, 6.07) is 4.45. The minimum atomic E-state index is -0.944. The highest BCUT2D eigenvalue weighted by Gasteiger charge is 2.10. The van der Waals surface area contributed by atoms with Gasteiger partial charge in [0.2, 0.25) is 0 Å². The molecule has 1 aromatic rings. The van der Waals surface area contributed by atoms with E-state index in [9.17, 15) is 14.7 Å². The van der Waals surface area contributed by atoms with E-state index in [1.807, 2.05) is 6.92 Å². The molecule has 16 heavy (non-hydrogen) atoms. The maximum absolute atomic E-state index is 10.6. The number of carboxylic acid groups (broad SMARTS) is 1. The van der Waals surface area contributed by atoms with Crippen LogP contribution in [-0.2, 0) is 4.79 Å². The van der Waals surface area contributed by atoms with Gasteiger partial charge < -0.3 is 15.1 Å². The van der Waals surface area contributed by atoms with E-state index in [1.54, 1.807) is 11.0 Å². The first-order valence-electron chi connectivity index (χ1n) is 4.83. The molecule has 0 aliphatic heterocycles. The maximum Gasteiger partial charge on any atom is 0.323 e. The van der Waals surface area contributed by atoms with Crippen molar-refractivity contribution >= 4 is 17.9 Å². The molecule has 0 aromatic heterocycles. The molecule has 0 amide bonds. The molecule has 5 nitrogen and oxygen atoms in total. The Morgan fingerprint density at radius 3 is 2.62 bits per heavy atom. The van der Waals surface area contributed by atoms with Crippen molar-refractivity contribution in [3.63, 3.8) is 0 Å². The minimum Gasteiger partial charge on any atom is -0.507 e. The van der Waals surface area contributed by atoms with E-state index in [0.717, 1.165) is 0 Å². The van der Waals surface area contributed by atoms with Crippen LogP contribution in [0.4, 0.5) is 5.69 Å². The Hall–Kier alpha value is -2.04. The number of anilines is 1. The van der Waals surface area contributed by atoms with Gasteiger partial charge in [-0.25, -0.2) is 0 Å². The topological polar surface area (TPSA) is 77.8 Å². The van der Waals surface area contributed by atoms with Gasteiger partial charge >= 0.3 is 5.97 Å². The molecule has 0 radical (unpaired) electrons. The summed E-state index contributed by atoms with van der Waals surface area (Å²) in [4.78, 5) is 22.7. The van der Waals surface area contributed by atoms with Gasteiger partial charge in [-0.05, 0) is 19.1 Å². The molecule has 0 aliphatic rings. The first kappa shape index (κ1) is 12.0. The van der Waals surface area contributed by atoms with Gasteiger partial charge in [0.05, 0.1) is 5.56 Å². The number of hydrogen-bond acceptors (Lipinski definition) is 4.